The second-order valence-electron chi connectivity index (χ2n) is 5.84. The van der Waals surface area contributed by atoms with Gasteiger partial charge in [-0.2, -0.15) is 5.10 Å². The SMILES string of the molecule is C[C@H](Nc1ccc2ccccc2c1)C(=O)N/N=C\c1ccc(Cl)c(Cl)c1. The first-order valence-corrected chi connectivity index (χ1v) is 8.82. The average molecular weight is 386 g/mol. The van der Waals surface area contributed by atoms with Crippen LogP contribution in [0.25, 0.3) is 10.8 Å². The van der Waals surface area contributed by atoms with Crippen molar-refractivity contribution in [2.75, 3.05) is 5.32 Å². The number of hydrogen-bond donors (Lipinski definition) is 2. The highest BCUT2D eigenvalue weighted by atomic mass is 35.5. The van der Waals surface area contributed by atoms with Gasteiger partial charge < -0.3 is 5.32 Å². The molecule has 0 unspecified atom stereocenters. The van der Waals surface area contributed by atoms with Crippen molar-refractivity contribution < 1.29 is 4.79 Å². The van der Waals surface area contributed by atoms with Gasteiger partial charge >= 0.3 is 0 Å². The Bertz CT molecular complexity index is 972. The fourth-order valence-electron chi connectivity index (χ4n) is 2.45. The van der Waals surface area contributed by atoms with E-state index in [1.807, 2.05) is 42.5 Å². The molecule has 3 rings (SSSR count). The van der Waals surface area contributed by atoms with Gasteiger partial charge in [0.2, 0.25) is 0 Å². The Labute approximate surface area is 161 Å². The molecule has 0 bridgehead atoms. The molecular formula is C20H17Cl2N3O. The summed E-state index contributed by atoms with van der Waals surface area (Å²) in [5, 5.41) is 10.3. The lowest BCUT2D eigenvalue weighted by atomic mass is 10.1. The van der Waals surface area contributed by atoms with Gasteiger partial charge in [0.15, 0.2) is 0 Å². The standard InChI is InChI=1S/C20H17Cl2N3O/c1-13(24-17-8-7-15-4-2-3-5-16(15)11-17)20(26)25-23-12-14-6-9-18(21)19(22)10-14/h2-13,24H,1H3,(H,25,26)/b23-12-/t13-/m0/s1. The second kappa shape index (κ2) is 8.21. The number of anilines is 1. The number of nitrogens with zero attached hydrogens (tertiary/aromatic N) is 1. The molecule has 0 saturated heterocycles. The van der Waals surface area contributed by atoms with Gasteiger partial charge in [-0.1, -0.05) is 59.6 Å². The van der Waals surface area contributed by atoms with Crippen LogP contribution in [0.1, 0.15) is 12.5 Å². The molecule has 26 heavy (non-hydrogen) atoms. The molecule has 0 aliphatic heterocycles. The molecule has 3 aromatic carbocycles. The fraction of sp³-hybridized carbons (Fsp3) is 0.100. The topological polar surface area (TPSA) is 53.5 Å². The molecule has 0 aliphatic carbocycles. The summed E-state index contributed by atoms with van der Waals surface area (Å²) in [7, 11) is 0. The van der Waals surface area contributed by atoms with Crippen LogP contribution in [-0.4, -0.2) is 18.2 Å². The number of carbonyl (C=O) groups is 1. The first kappa shape index (κ1) is 18.2. The molecule has 0 saturated carbocycles. The van der Waals surface area contributed by atoms with Crippen LogP contribution >= 0.6 is 23.2 Å². The molecule has 3 aromatic rings. The van der Waals surface area contributed by atoms with Crippen molar-refractivity contribution >= 4 is 51.8 Å². The molecule has 0 aliphatic rings. The minimum atomic E-state index is -0.442. The van der Waals surface area contributed by atoms with Crippen LogP contribution in [-0.2, 0) is 4.79 Å². The summed E-state index contributed by atoms with van der Waals surface area (Å²) in [6.07, 6.45) is 1.52. The van der Waals surface area contributed by atoms with Crippen molar-refractivity contribution in [3.05, 3.63) is 76.3 Å². The summed E-state index contributed by atoms with van der Waals surface area (Å²) in [6.45, 7) is 1.78. The lowest BCUT2D eigenvalue weighted by Gasteiger charge is -2.14. The van der Waals surface area contributed by atoms with Crippen LogP contribution in [0.5, 0.6) is 0 Å². The zero-order chi connectivity index (χ0) is 18.5. The number of hydrazone groups is 1. The summed E-state index contributed by atoms with van der Waals surface area (Å²) in [5.74, 6) is -0.241. The molecule has 0 fully saturated rings. The van der Waals surface area contributed by atoms with Crippen LogP contribution in [0.4, 0.5) is 5.69 Å². The lowest BCUT2D eigenvalue weighted by molar-refractivity contribution is -0.121. The zero-order valence-electron chi connectivity index (χ0n) is 14.0. The van der Waals surface area contributed by atoms with E-state index in [0.29, 0.717) is 10.0 Å². The van der Waals surface area contributed by atoms with E-state index in [1.165, 1.54) is 6.21 Å². The van der Waals surface area contributed by atoms with Crippen molar-refractivity contribution in [3.63, 3.8) is 0 Å². The highest BCUT2D eigenvalue weighted by molar-refractivity contribution is 6.42. The molecule has 4 nitrogen and oxygen atoms in total. The van der Waals surface area contributed by atoms with Gasteiger partial charge in [-0.3, -0.25) is 4.79 Å². The van der Waals surface area contributed by atoms with E-state index in [9.17, 15) is 4.79 Å². The van der Waals surface area contributed by atoms with Crippen molar-refractivity contribution in [1.82, 2.24) is 5.43 Å². The van der Waals surface area contributed by atoms with E-state index in [1.54, 1.807) is 25.1 Å². The van der Waals surface area contributed by atoms with Crippen LogP contribution in [0.15, 0.2) is 65.8 Å². The molecule has 2 N–H and O–H groups in total. The predicted molar refractivity (Wildman–Crippen MR) is 109 cm³/mol. The molecule has 1 amide bonds. The summed E-state index contributed by atoms with van der Waals surface area (Å²) in [5.41, 5.74) is 4.13. The van der Waals surface area contributed by atoms with Gasteiger partial charge in [-0.25, -0.2) is 5.43 Å². The van der Waals surface area contributed by atoms with E-state index in [4.69, 9.17) is 23.2 Å². The number of nitrogens with one attached hydrogen (secondary N) is 2. The van der Waals surface area contributed by atoms with Crippen molar-refractivity contribution in [2.24, 2.45) is 5.10 Å². The number of carbonyl (C=O) groups excluding carboxylic acids is 1. The minimum Gasteiger partial charge on any atom is -0.374 e. The first-order chi connectivity index (χ1) is 12.5. The zero-order valence-corrected chi connectivity index (χ0v) is 15.6. The smallest absolute Gasteiger partial charge is 0.262 e. The lowest BCUT2D eigenvalue weighted by Crippen LogP contribution is -2.34. The molecule has 1 atom stereocenters. The van der Waals surface area contributed by atoms with Gasteiger partial charge in [-0.05, 0) is 47.5 Å². The molecule has 0 aromatic heterocycles. The Hall–Kier alpha value is -2.56. The van der Waals surface area contributed by atoms with Gasteiger partial charge in [-0.15, -0.1) is 0 Å². The van der Waals surface area contributed by atoms with E-state index < -0.39 is 6.04 Å². The molecular weight excluding hydrogens is 369 g/mol. The highest BCUT2D eigenvalue weighted by Gasteiger charge is 2.11. The third-order valence-corrected chi connectivity index (χ3v) is 4.60. The molecule has 6 heteroatoms. The Balaban J connectivity index is 1.59. The normalized spacial score (nSPS) is 12.3. The Morgan fingerprint density at radius 3 is 2.54 bits per heavy atom. The maximum absolute atomic E-state index is 12.2. The Morgan fingerprint density at radius 2 is 1.77 bits per heavy atom. The number of halogens is 2. The predicted octanol–water partition coefficient (Wildman–Crippen LogP) is 5.10. The number of fused-ring (bicyclic) bond motifs is 1. The summed E-state index contributed by atoms with van der Waals surface area (Å²) >= 11 is 11.8. The highest BCUT2D eigenvalue weighted by Crippen LogP contribution is 2.22. The maximum atomic E-state index is 12.2. The molecule has 0 spiro atoms. The van der Waals surface area contributed by atoms with Crippen LogP contribution < -0.4 is 10.7 Å². The minimum absolute atomic E-state index is 0.241. The van der Waals surface area contributed by atoms with Gasteiger partial charge in [0.05, 0.1) is 16.3 Å². The van der Waals surface area contributed by atoms with Crippen LogP contribution in [0.3, 0.4) is 0 Å². The van der Waals surface area contributed by atoms with Crippen molar-refractivity contribution in [2.45, 2.75) is 13.0 Å². The quantitative estimate of drug-likeness (QED) is 0.474. The van der Waals surface area contributed by atoms with E-state index in [2.05, 4.69) is 15.8 Å². The monoisotopic (exact) mass is 385 g/mol. The van der Waals surface area contributed by atoms with E-state index >= 15 is 0 Å². The Morgan fingerprint density at radius 1 is 1.00 bits per heavy atom. The average Bonchev–Trinajstić information content (AvgIpc) is 2.64. The van der Waals surface area contributed by atoms with Gasteiger partial charge in [0, 0.05) is 5.69 Å². The fourth-order valence-corrected chi connectivity index (χ4v) is 2.76. The number of benzene rings is 3. The third-order valence-electron chi connectivity index (χ3n) is 3.86. The van der Waals surface area contributed by atoms with Crippen LogP contribution in [0.2, 0.25) is 10.0 Å². The number of amides is 1. The molecule has 0 heterocycles. The second-order valence-corrected chi connectivity index (χ2v) is 6.65. The maximum Gasteiger partial charge on any atom is 0.262 e. The van der Waals surface area contributed by atoms with Gasteiger partial charge in [0.1, 0.15) is 6.04 Å². The van der Waals surface area contributed by atoms with E-state index in [-0.39, 0.29) is 5.91 Å². The largest absolute Gasteiger partial charge is 0.374 e. The van der Waals surface area contributed by atoms with Gasteiger partial charge in [0.25, 0.3) is 5.91 Å². The summed E-state index contributed by atoms with van der Waals surface area (Å²) < 4.78 is 0. The van der Waals surface area contributed by atoms with E-state index in [0.717, 1.165) is 22.0 Å². The number of hydrogen-bond acceptors (Lipinski definition) is 3. The first-order valence-electron chi connectivity index (χ1n) is 8.06. The van der Waals surface area contributed by atoms with Crippen molar-refractivity contribution in [3.8, 4) is 0 Å². The number of rotatable bonds is 5. The van der Waals surface area contributed by atoms with Crippen molar-refractivity contribution in [1.29, 1.82) is 0 Å². The molecule has 132 valence electrons. The van der Waals surface area contributed by atoms with Crippen LogP contribution in [0, 0.1) is 0 Å². The summed E-state index contributed by atoms with van der Waals surface area (Å²) in [6, 6.07) is 18.7. The Kier molecular flexibility index (Phi) is 5.76. The summed E-state index contributed by atoms with van der Waals surface area (Å²) in [4.78, 5) is 12.2. The molecule has 0 radical (unpaired) electrons. The third kappa shape index (κ3) is 4.54.